The maximum atomic E-state index is 12.4. The number of nitrogens with zero attached hydrogens (tertiary/aromatic N) is 1. The van der Waals surface area contributed by atoms with E-state index in [1.54, 1.807) is 24.3 Å². The molecule has 1 aromatic rings. The van der Waals surface area contributed by atoms with Crippen LogP contribution in [0.25, 0.3) is 0 Å². The van der Waals surface area contributed by atoms with E-state index < -0.39 is 11.5 Å². The highest BCUT2D eigenvalue weighted by Crippen LogP contribution is 2.62. The van der Waals surface area contributed by atoms with Crippen LogP contribution in [-0.2, 0) is 14.3 Å². The Labute approximate surface area is 158 Å². The molecule has 0 heterocycles. The Balaban J connectivity index is 1.30. The Morgan fingerprint density at radius 2 is 2.00 bits per heavy atom. The Morgan fingerprint density at radius 1 is 1.26 bits per heavy atom. The van der Waals surface area contributed by atoms with E-state index in [1.807, 2.05) is 6.07 Å². The van der Waals surface area contributed by atoms with Crippen LogP contribution in [0, 0.1) is 28.6 Å². The van der Waals surface area contributed by atoms with Gasteiger partial charge in [0.15, 0.2) is 6.61 Å². The fourth-order valence-electron chi connectivity index (χ4n) is 5.98. The van der Waals surface area contributed by atoms with Crippen molar-refractivity contribution in [2.45, 2.75) is 50.5 Å². The van der Waals surface area contributed by atoms with Gasteiger partial charge >= 0.3 is 5.97 Å². The summed E-state index contributed by atoms with van der Waals surface area (Å²) >= 11 is 0. The highest BCUT2D eigenvalue weighted by atomic mass is 16.5. The predicted molar refractivity (Wildman–Crippen MR) is 97.4 cm³/mol. The van der Waals surface area contributed by atoms with Gasteiger partial charge in [0, 0.05) is 5.69 Å². The van der Waals surface area contributed by atoms with Gasteiger partial charge in [-0.3, -0.25) is 9.59 Å². The SMILES string of the molecule is N#Cc1cccc(NC(=O)COC(=O)CC23C[C@@H]4C[C@@H](CC(O)(C4)C2)C3)c1. The fourth-order valence-corrected chi connectivity index (χ4v) is 5.98. The quantitative estimate of drug-likeness (QED) is 0.779. The van der Waals surface area contributed by atoms with Crippen molar-refractivity contribution < 1.29 is 19.4 Å². The van der Waals surface area contributed by atoms with Gasteiger partial charge in [-0.15, -0.1) is 0 Å². The van der Waals surface area contributed by atoms with Crippen LogP contribution in [-0.4, -0.2) is 29.2 Å². The number of esters is 1. The van der Waals surface area contributed by atoms with Crippen LogP contribution in [0.1, 0.15) is 50.5 Å². The summed E-state index contributed by atoms with van der Waals surface area (Å²) in [6, 6.07) is 8.58. The molecular weight excluding hydrogens is 344 g/mol. The Bertz CT molecular complexity index is 799. The summed E-state index contributed by atoms with van der Waals surface area (Å²) in [6.07, 6.45) is 5.81. The summed E-state index contributed by atoms with van der Waals surface area (Å²) in [4.78, 5) is 24.4. The van der Waals surface area contributed by atoms with Crippen LogP contribution in [0.2, 0.25) is 0 Å². The number of anilines is 1. The molecular formula is C21H24N2O4. The van der Waals surface area contributed by atoms with Gasteiger partial charge < -0.3 is 15.2 Å². The topological polar surface area (TPSA) is 99.4 Å². The average molecular weight is 368 g/mol. The lowest BCUT2D eigenvalue weighted by molar-refractivity contribution is -0.177. The largest absolute Gasteiger partial charge is 0.456 e. The van der Waals surface area contributed by atoms with E-state index in [-0.39, 0.29) is 24.4 Å². The van der Waals surface area contributed by atoms with Gasteiger partial charge in [0.05, 0.1) is 23.7 Å². The minimum Gasteiger partial charge on any atom is -0.456 e. The summed E-state index contributed by atoms with van der Waals surface area (Å²) in [5.41, 5.74) is 0.184. The molecule has 0 aliphatic heterocycles. The number of rotatable bonds is 5. The van der Waals surface area contributed by atoms with E-state index in [0.717, 1.165) is 25.7 Å². The molecule has 4 aliphatic rings. The Morgan fingerprint density at radius 3 is 2.67 bits per heavy atom. The van der Waals surface area contributed by atoms with E-state index >= 15 is 0 Å². The number of ether oxygens (including phenoxy) is 1. The van der Waals surface area contributed by atoms with E-state index in [1.165, 1.54) is 6.42 Å². The minimum absolute atomic E-state index is 0.159. The van der Waals surface area contributed by atoms with Crippen LogP contribution < -0.4 is 5.32 Å². The maximum Gasteiger partial charge on any atom is 0.306 e. The lowest BCUT2D eigenvalue weighted by Gasteiger charge is -2.60. The molecule has 27 heavy (non-hydrogen) atoms. The van der Waals surface area contributed by atoms with Crippen molar-refractivity contribution in [1.29, 1.82) is 5.26 Å². The van der Waals surface area contributed by atoms with Crippen molar-refractivity contribution in [3.05, 3.63) is 29.8 Å². The molecule has 2 N–H and O–H groups in total. The second kappa shape index (κ2) is 6.65. The molecule has 5 rings (SSSR count). The van der Waals surface area contributed by atoms with Gasteiger partial charge in [0.25, 0.3) is 5.91 Å². The Hall–Kier alpha value is -2.39. The molecule has 4 atom stereocenters. The predicted octanol–water partition coefficient (Wildman–Crippen LogP) is 2.76. The first-order chi connectivity index (χ1) is 12.9. The second-order valence-corrected chi connectivity index (χ2v) is 8.76. The van der Waals surface area contributed by atoms with Gasteiger partial charge in [0.2, 0.25) is 0 Å². The summed E-state index contributed by atoms with van der Waals surface area (Å²) in [7, 11) is 0. The maximum absolute atomic E-state index is 12.4. The number of hydrogen-bond acceptors (Lipinski definition) is 5. The molecule has 1 aromatic carbocycles. The van der Waals surface area contributed by atoms with Crippen molar-refractivity contribution in [2.24, 2.45) is 17.3 Å². The van der Waals surface area contributed by atoms with Crippen molar-refractivity contribution in [3.8, 4) is 6.07 Å². The van der Waals surface area contributed by atoms with Gasteiger partial charge in [-0.1, -0.05) is 6.07 Å². The van der Waals surface area contributed by atoms with Gasteiger partial charge in [-0.2, -0.15) is 5.26 Å². The summed E-state index contributed by atoms with van der Waals surface area (Å²) in [6.45, 7) is -0.344. The number of carbonyl (C=O) groups is 2. The first kappa shape index (κ1) is 18.0. The van der Waals surface area contributed by atoms with Crippen LogP contribution in [0.5, 0.6) is 0 Å². The third kappa shape index (κ3) is 3.84. The molecule has 2 unspecified atom stereocenters. The summed E-state index contributed by atoms with van der Waals surface area (Å²) in [5, 5.41) is 22.3. The monoisotopic (exact) mass is 368 g/mol. The molecule has 0 saturated heterocycles. The zero-order chi connectivity index (χ0) is 19.1. The third-order valence-corrected chi connectivity index (χ3v) is 6.31. The van der Waals surface area contributed by atoms with Gasteiger partial charge in [-0.25, -0.2) is 0 Å². The second-order valence-electron chi connectivity index (χ2n) is 8.76. The van der Waals surface area contributed by atoms with E-state index in [2.05, 4.69) is 5.32 Å². The summed E-state index contributed by atoms with van der Waals surface area (Å²) < 4.78 is 5.21. The zero-order valence-electron chi connectivity index (χ0n) is 15.2. The van der Waals surface area contributed by atoms with E-state index in [0.29, 0.717) is 29.5 Å². The fraction of sp³-hybridized carbons (Fsp3) is 0.571. The number of hydrogen-bond donors (Lipinski definition) is 2. The highest BCUT2D eigenvalue weighted by molar-refractivity contribution is 5.92. The standard InChI is InChI=1S/C21H24N2O4/c22-11-14-2-1-3-17(5-14)23-18(24)12-27-19(25)10-20-6-15-4-16(7-20)9-21(26,8-15)13-20/h1-3,5,15-16,26H,4,6-10,12-13H2,(H,23,24)/t15-,16+,20?,21?. The molecule has 0 aromatic heterocycles. The van der Waals surface area contributed by atoms with Crippen LogP contribution >= 0.6 is 0 Å². The smallest absolute Gasteiger partial charge is 0.306 e. The molecule has 6 nitrogen and oxygen atoms in total. The van der Waals surface area contributed by atoms with Crippen LogP contribution in [0.4, 0.5) is 5.69 Å². The van der Waals surface area contributed by atoms with E-state index in [9.17, 15) is 14.7 Å². The van der Waals surface area contributed by atoms with Crippen molar-refractivity contribution in [3.63, 3.8) is 0 Å². The minimum atomic E-state index is -0.604. The van der Waals surface area contributed by atoms with Gasteiger partial charge in [0.1, 0.15) is 0 Å². The zero-order valence-corrected chi connectivity index (χ0v) is 15.2. The van der Waals surface area contributed by atoms with Crippen molar-refractivity contribution >= 4 is 17.6 Å². The average Bonchev–Trinajstić information content (AvgIpc) is 2.57. The summed E-state index contributed by atoms with van der Waals surface area (Å²) in [5.74, 6) is 0.226. The molecule has 4 saturated carbocycles. The number of amides is 1. The molecule has 142 valence electrons. The molecule has 4 fully saturated rings. The normalized spacial score (nSPS) is 33.3. The number of nitrogens with one attached hydrogen (secondary N) is 1. The number of nitriles is 1. The first-order valence-electron chi connectivity index (χ1n) is 9.55. The number of carbonyl (C=O) groups excluding carboxylic acids is 2. The van der Waals surface area contributed by atoms with Crippen molar-refractivity contribution in [1.82, 2.24) is 0 Å². The number of aliphatic hydroxyl groups is 1. The molecule has 0 radical (unpaired) electrons. The van der Waals surface area contributed by atoms with Gasteiger partial charge in [-0.05, 0) is 74.0 Å². The van der Waals surface area contributed by atoms with Crippen LogP contribution in [0.15, 0.2) is 24.3 Å². The first-order valence-corrected chi connectivity index (χ1v) is 9.55. The third-order valence-electron chi connectivity index (χ3n) is 6.31. The highest BCUT2D eigenvalue weighted by Gasteiger charge is 2.57. The lowest BCUT2D eigenvalue weighted by atomic mass is 9.47. The Kier molecular flexibility index (Phi) is 4.43. The molecule has 4 aliphatic carbocycles. The lowest BCUT2D eigenvalue weighted by Crippen LogP contribution is -2.56. The molecule has 6 heteroatoms. The van der Waals surface area contributed by atoms with E-state index in [4.69, 9.17) is 10.00 Å². The molecule has 1 amide bonds. The number of benzene rings is 1. The molecule has 4 bridgehead atoms. The molecule has 0 spiro atoms. The van der Waals surface area contributed by atoms with Crippen molar-refractivity contribution in [2.75, 3.05) is 11.9 Å². The van der Waals surface area contributed by atoms with Crippen LogP contribution in [0.3, 0.4) is 0 Å².